The Morgan fingerprint density at radius 2 is 0.913 bits per heavy atom. The van der Waals surface area contributed by atoms with Gasteiger partial charge in [-0.2, -0.15) is 61.5 Å². The van der Waals surface area contributed by atoms with Crippen molar-refractivity contribution in [2.45, 2.75) is 36.0 Å². The highest BCUT2D eigenvalue weighted by atomic mass is 35.5. The Hall–Kier alpha value is -0.950. The minimum Gasteiger partial charge on any atom is -0.195 e. The van der Waals surface area contributed by atoms with Crippen LogP contribution in [0.2, 0.25) is 0 Å². The lowest BCUT2D eigenvalue weighted by atomic mass is 9.97. The lowest BCUT2D eigenvalue weighted by molar-refractivity contribution is -0.417. The van der Waals surface area contributed by atoms with Crippen LogP contribution in [0.4, 0.5) is 61.5 Å². The summed E-state index contributed by atoms with van der Waals surface area (Å²) in [6.07, 6.45) is -15.5. The van der Waals surface area contributed by atoms with Gasteiger partial charge in [0.1, 0.15) is 5.03 Å². The van der Waals surface area contributed by atoms with Crippen LogP contribution >= 0.6 is 11.6 Å². The van der Waals surface area contributed by atoms with Crippen LogP contribution in [0.15, 0.2) is 11.1 Å². The van der Waals surface area contributed by atoms with Crippen molar-refractivity contribution in [1.29, 1.82) is 0 Å². The number of allylic oxidation sites excluding steroid dienone is 2. The van der Waals surface area contributed by atoms with Crippen molar-refractivity contribution >= 4 is 11.6 Å². The molecule has 0 spiro atoms. The van der Waals surface area contributed by atoms with Gasteiger partial charge in [-0.15, -0.1) is 0 Å². The van der Waals surface area contributed by atoms with Crippen molar-refractivity contribution in [3.8, 4) is 0 Å². The van der Waals surface area contributed by atoms with Gasteiger partial charge in [0.2, 0.25) is 0 Å². The van der Waals surface area contributed by atoms with Gasteiger partial charge in [0.05, 0.1) is 0 Å². The van der Waals surface area contributed by atoms with Crippen molar-refractivity contribution < 1.29 is 61.5 Å². The van der Waals surface area contributed by atoms with E-state index in [9.17, 15) is 61.5 Å². The topological polar surface area (TPSA) is 0 Å². The zero-order valence-electron chi connectivity index (χ0n) is 9.75. The molecule has 0 rings (SSSR count). The summed E-state index contributed by atoms with van der Waals surface area (Å²) in [5.74, 6) is -29.8. The van der Waals surface area contributed by atoms with E-state index in [1.165, 1.54) is 0 Å². The van der Waals surface area contributed by atoms with Gasteiger partial charge in [-0.25, -0.2) is 0 Å². The second kappa shape index (κ2) is 5.55. The molecule has 0 atom stereocenters. The van der Waals surface area contributed by atoms with Crippen LogP contribution in [0.1, 0.15) is 0 Å². The average molecular weight is 399 g/mol. The van der Waals surface area contributed by atoms with Crippen molar-refractivity contribution in [3.63, 3.8) is 0 Å². The Morgan fingerprint density at radius 3 is 1.17 bits per heavy atom. The minimum atomic E-state index is -7.79. The molecule has 0 aliphatic rings. The molecule has 0 bridgehead atoms. The zero-order valence-corrected chi connectivity index (χ0v) is 10.5. The second-order valence-corrected chi connectivity index (χ2v) is 4.24. The Balaban J connectivity index is 6.16. The molecule has 0 aliphatic heterocycles. The molecule has 0 saturated heterocycles. The first-order valence-electron chi connectivity index (χ1n) is 4.66. The average Bonchev–Trinajstić information content (AvgIpc) is 2.24. The smallest absolute Gasteiger partial charge is 0.195 e. The summed E-state index contributed by atoms with van der Waals surface area (Å²) in [4.78, 5) is 0. The maximum Gasteiger partial charge on any atom is 0.460 e. The molecule has 0 aromatic carbocycles. The number of hydrogen-bond donors (Lipinski definition) is 0. The van der Waals surface area contributed by atoms with Crippen LogP contribution in [0.3, 0.4) is 0 Å². The number of halogens is 15. The summed E-state index contributed by atoms with van der Waals surface area (Å²) < 4.78 is 172. The van der Waals surface area contributed by atoms with Crippen LogP contribution in [-0.2, 0) is 0 Å². The van der Waals surface area contributed by atoms with Crippen molar-refractivity contribution in [2.24, 2.45) is 0 Å². The van der Waals surface area contributed by atoms with Gasteiger partial charge in [0.25, 0.3) is 0 Å². The predicted octanol–water partition coefficient (Wildman–Crippen LogP) is 5.77. The molecule has 0 unspecified atom stereocenters. The molecule has 0 nitrogen and oxygen atoms in total. The van der Waals surface area contributed by atoms with E-state index in [0.717, 1.165) is 0 Å². The molecule has 0 radical (unpaired) electrons. The maximum atomic E-state index is 12.8. The number of rotatable bonds is 4. The van der Waals surface area contributed by atoms with Gasteiger partial charge < -0.3 is 0 Å². The van der Waals surface area contributed by atoms with E-state index in [1.54, 1.807) is 0 Å². The van der Waals surface area contributed by atoms with Gasteiger partial charge in [0, 0.05) is 6.08 Å². The van der Waals surface area contributed by atoms with E-state index in [0.29, 0.717) is 0 Å². The molecule has 0 aromatic rings. The van der Waals surface area contributed by atoms with Crippen molar-refractivity contribution in [3.05, 3.63) is 11.1 Å². The molecule has 0 heterocycles. The third kappa shape index (κ3) is 3.60. The fourth-order valence-electron chi connectivity index (χ4n) is 0.916. The standard InChI is InChI=1S/C8HClF14/c9-2(4(12,13)14)1-3(10,11)5(15,16)6(17,18)7(19,20)8(21,22)23/h1H. The van der Waals surface area contributed by atoms with E-state index in [4.69, 9.17) is 0 Å². The first-order valence-corrected chi connectivity index (χ1v) is 5.04. The fraction of sp³-hybridized carbons (Fsp3) is 0.750. The van der Waals surface area contributed by atoms with Gasteiger partial charge >= 0.3 is 36.0 Å². The lowest BCUT2D eigenvalue weighted by Crippen LogP contribution is -2.66. The fourth-order valence-corrected chi connectivity index (χ4v) is 1.05. The normalized spacial score (nSPS) is 16.7. The first kappa shape index (κ1) is 22.1. The number of hydrogen-bond acceptors (Lipinski definition) is 0. The third-order valence-corrected chi connectivity index (χ3v) is 2.47. The molecular formula is C8HClF14. The molecular weight excluding hydrogens is 398 g/mol. The molecule has 23 heavy (non-hydrogen) atoms. The molecule has 0 saturated carbocycles. The summed E-state index contributed by atoms with van der Waals surface area (Å²) in [7, 11) is 0. The highest BCUT2D eigenvalue weighted by molar-refractivity contribution is 6.30. The van der Waals surface area contributed by atoms with Crippen LogP contribution in [0.5, 0.6) is 0 Å². The van der Waals surface area contributed by atoms with Crippen LogP contribution in [0.25, 0.3) is 0 Å². The molecule has 0 N–H and O–H groups in total. The van der Waals surface area contributed by atoms with Crippen LogP contribution in [-0.4, -0.2) is 36.0 Å². The minimum absolute atomic E-state index is 2.09. The molecule has 15 heteroatoms. The molecule has 0 fully saturated rings. The summed E-state index contributed by atoms with van der Waals surface area (Å²) in [6, 6.07) is 0. The largest absolute Gasteiger partial charge is 0.460 e. The Kier molecular flexibility index (Phi) is 5.32. The van der Waals surface area contributed by atoms with E-state index >= 15 is 0 Å². The predicted molar refractivity (Wildman–Crippen MR) is 45.8 cm³/mol. The van der Waals surface area contributed by atoms with Gasteiger partial charge in [-0.1, -0.05) is 11.6 Å². The third-order valence-electron chi connectivity index (χ3n) is 2.14. The Labute approximate surface area is 121 Å². The van der Waals surface area contributed by atoms with Gasteiger partial charge in [0.15, 0.2) is 0 Å². The summed E-state index contributed by atoms with van der Waals surface area (Å²) in [5, 5.41) is -3.13. The quantitative estimate of drug-likeness (QED) is 0.527. The maximum absolute atomic E-state index is 12.8. The van der Waals surface area contributed by atoms with Gasteiger partial charge in [-0.05, 0) is 0 Å². The van der Waals surface area contributed by atoms with Crippen LogP contribution < -0.4 is 0 Å². The molecule has 0 amide bonds. The first-order chi connectivity index (χ1) is 9.63. The van der Waals surface area contributed by atoms with Crippen LogP contribution in [0, 0.1) is 0 Å². The number of alkyl halides is 14. The van der Waals surface area contributed by atoms with Crippen molar-refractivity contribution in [2.75, 3.05) is 0 Å². The zero-order chi connectivity index (χ0) is 19.3. The monoisotopic (exact) mass is 398 g/mol. The van der Waals surface area contributed by atoms with E-state index in [1.807, 2.05) is 0 Å². The van der Waals surface area contributed by atoms with E-state index in [-0.39, 0.29) is 0 Å². The Morgan fingerprint density at radius 1 is 0.565 bits per heavy atom. The van der Waals surface area contributed by atoms with E-state index < -0.39 is 47.2 Å². The summed E-state index contributed by atoms with van der Waals surface area (Å²) in [6.45, 7) is 0. The van der Waals surface area contributed by atoms with E-state index in [2.05, 4.69) is 11.6 Å². The van der Waals surface area contributed by atoms with Gasteiger partial charge in [-0.3, -0.25) is 0 Å². The summed E-state index contributed by atoms with van der Waals surface area (Å²) in [5.41, 5.74) is 0. The SMILES string of the molecule is FC(F)(F)C(Cl)=CC(F)(F)C(F)(F)C(F)(F)C(F)(F)C(F)(F)F. The highest BCUT2D eigenvalue weighted by Crippen LogP contribution is 2.58. The molecule has 138 valence electrons. The highest BCUT2D eigenvalue weighted by Gasteiger charge is 2.86. The Bertz CT molecular complexity index is 466. The molecule has 0 aromatic heterocycles. The van der Waals surface area contributed by atoms with Crippen molar-refractivity contribution in [1.82, 2.24) is 0 Å². The lowest BCUT2D eigenvalue weighted by Gasteiger charge is -2.36. The molecule has 0 aliphatic carbocycles. The second-order valence-electron chi connectivity index (χ2n) is 3.83. The summed E-state index contributed by atoms with van der Waals surface area (Å²) >= 11 is 4.07.